The zero-order valence-electron chi connectivity index (χ0n) is 4.12. The van der Waals surface area contributed by atoms with Crippen LogP contribution in [0.15, 0.2) is 6.08 Å². The van der Waals surface area contributed by atoms with Crippen LogP contribution in [-0.2, 0) is 4.79 Å². The van der Waals surface area contributed by atoms with Crippen molar-refractivity contribution in [2.75, 3.05) is 0 Å². The molecule has 0 aromatic heterocycles. The van der Waals surface area contributed by atoms with E-state index in [0.29, 0.717) is 0 Å². The topological polar surface area (TPSA) is 40.9 Å². The molecule has 2 nitrogen and oxygen atoms in total. The summed E-state index contributed by atoms with van der Waals surface area (Å²) >= 11 is 0. The molecule has 5 heteroatoms. The smallest absolute Gasteiger partial charge is 0.284 e. The molecular weight excluding hydrogens is 135 g/mol. The van der Waals surface area contributed by atoms with Crippen LogP contribution in [0.2, 0.25) is 0 Å². The predicted octanol–water partition coefficient (Wildman–Crippen LogP) is 0.922. The van der Waals surface area contributed by atoms with Crippen LogP contribution in [0.3, 0.4) is 0 Å². The molecular formula is C4H2F3NO. The molecule has 0 atom stereocenters. The first-order chi connectivity index (χ1) is 3.98. The van der Waals surface area contributed by atoms with E-state index in [-0.39, 0.29) is 6.08 Å². The van der Waals surface area contributed by atoms with E-state index in [9.17, 15) is 18.0 Å². The summed E-state index contributed by atoms with van der Waals surface area (Å²) in [7, 11) is 0. The molecule has 0 amide bonds. The third-order valence-corrected chi connectivity index (χ3v) is 0.483. The van der Waals surface area contributed by atoms with E-state index >= 15 is 0 Å². The average molecular weight is 137 g/mol. The van der Waals surface area contributed by atoms with Crippen molar-refractivity contribution in [2.24, 2.45) is 0 Å². The summed E-state index contributed by atoms with van der Waals surface area (Å²) in [6.45, 7) is 0. The second kappa shape index (κ2) is 2.46. The largest absolute Gasteiger partial charge is 0.454 e. The van der Waals surface area contributed by atoms with E-state index in [1.165, 1.54) is 5.87 Å². The molecule has 0 saturated heterocycles. The van der Waals surface area contributed by atoms with Crippen molar-refractivity contribution in [2.45, 2.75) is 6.18 Å². The molecule has 1 N–H and O–H groups in total. The zero-order valence-corrected chi connectivity index (χ0v) is 4.12. The fourth-order valence-electron chi connectivity index (χ4n) is 0.147. The third-order valence-electron chi connectivity index (χ3n) is 0.483. The first kappa shape index (κ1) is 7.91. The summed E-state index contributed by atoms with van der Waals surface area (Å²) in [4.78, 5) is 9.70. The van der Waals surface area contributed by atoms with Gasteiger partial charge in [0.1, 0.15) is 0 Å². The van der Waals surface area contributed by atoms with Crippen molar-refractivity contribution < 1.29 is 18.0 Å². The Kier molecular flexibility index (Phi) is 2.16. The van der Waals surface area contributed by atoms with Gasteiger partial charge in [0.2, 0.25) is 0 Å². The molecule has 0 fully saturated rings. The van der Waals surface area contributed by atoms with Gasteiger partial charge < -0.3 is 0 Å². The molecule has 0 aliphatic heterocycles. The highest BCUT2D eigenvalue weighted by Crippen LogP contribution is 2.15. The Labute approximate surface area is 48.5 Å². The zero-order chi connectivity index (χ0) is 7.49. The molecule has 9 heavy (non-hydrogen) atoms. The van der Waals surface area contributed by atoms with Crippen molar-refractivity contribution >= 4 is 11.7 Å². The van der Waals surface area contributed by atoms with Crippen LogP contribution in [0.25, 0.3) is 0 Å². The van der Waals surface area contributed by atoms with Gasteiger partial charge >= 0.3 is 6.18 Å². The van der Waals surface area contributed by atoms with Gasteiger partial charge in [-0.2, -0.15) is 13.2 Å². The van der Waals surface area contributed by atoms with E-state index in [0.717, 1.165) is 0 Å². The van der Waals surface area contributed by atoms with Gasteiger partial charge in [0.05, 0.1) is 6.08 Å². The van der Waals surface area contributed by atoms with E-state index in [1.807, 2.05) is 0 Å². The number of ketones is 1. The fraction of sp³-hybridized carbons (Fsp3) is 0.250. The molecule has 0 bridgehead atoms. The maximum atomic E-state index is 11.1. The molecule has 0 radical (unpaired) electrons. The molecule has 0 aromatic rings. The molecule has 0 rings (SSSR count). The second-order valence-corrected chi connectivity index (χ2v) is 1.15. The quantitative estimate of drug-likeness (QED) is 0.423. The fourth-order valence-corrected chi connectivity index (χ4v) is 0.147. The summed E-state index contributed by atoms with van der Waals surface area (Å²) < 4.78 is 33.4. The number of hydrogen-bond acceptors (Lipinski definition) is 2. The van der Waals surface area contributed by atoms with Crippen molar-refractivity contribution in [3.05, 3.63) is 6.08 Å². The van der Waals surface area contributed by atoms with Crippen LogP contribution in [0.5, 0.6) is 0 Å². The number of carbonyl (C=O) groups is 1. The monoisotopic (exact) mass is 137 g/mol. The van der Waals surface area contributed by atoms with Gasteiger partial charge in [-0.25, -0.2) is 0 Å². The predicted molar refractivity (Wildman–Crippen MR) is 23.4 cm³/mol. The molecule has 0 heterocycles. The lowest BCUT2D eigenvalue weighted by Gasteiger charge is -1.96. The van der Waals surface area contributed by atoms with Crippen molar-refractivity contribution in [3.8, 4) is 0 Å². The Morgan fingerprint density at radius 1 is 1.56 bits per heavy atom. The maximum Gasteiger partial charge on any atom is 0.454 e. The van der Waals surface area contributed by atoms with E-state index in [2.05, 4.69) is 0 Å². The van der Waals surface area contributed by atoms with E-state index in [1.54, 1.807) is 0 Å². The van der Waals surface area contributed by atoms with Gasteiger partial charge in [-0.15, -0.1) is 0 Å². The Bertz CT molecular complexity index is 165. The van der Waals surface area contributed by atoms with Gasteiger partial charge in [0.15, 0.2) is 0 Å². The highest BCUT2D eigenvalue weighted by Gasteiger charge is 2.36. The summed E-state index contributed by atoms with van der Waals surface area (Å²) in [6.07, 6.45) is -4.84. The minimum atomic E-state index is -4.87. The Morgan fingerprint density at radius 3 is 2.11 bits per heavy atom. The molecule has 0 aliphatic rings. The molecule has 50 valence electrons. The number of alkyl halides is 3. The average Bonchev–Trinajstić information content (AvgIpc) is 1.64. The molecule has 0 aromatic carbocycles. The van der Waals surface area contributed by atoms with Crippen molar-refractivity contribution in [1.29, 1.82) is 5.41 Å². The Morgan fingerprint density at radius 2 is 2.00 bits per heavy atom. The van der Waals surface area contributed by atoms with Crippen LogP contribution in [-0.4, -0.2) is 17.8 Å². The minimum absolute atomic E-state index is 0.0278. The summed E-state index contributed by atoms with van der Waals surface area (Å²) in [5.74, 6) is -0.828. The first-order valence-corrected chi connectivity index (χ1v) is 1.85. The summed E-state index contributed by atoms with van der Waals surface area (Å²) in [5.41, 5.74) is 0. The lowest BCUT2D eigenvalue weighted by atomic mass is 10.4. The normalized spacial score (nSPS) is 10.1. The summed E-state index contributed by atoms with van der Waals surface area (Å²) in [5, 5.41) is 5.99. The SMILES string of the molecule is N=C=CC(=O)C(F)(F)F. The maximum absolute atomic E-state index is 11.1. The van der Waals surface area contributed by atoms with Crippen LogP contribution < -0.4 is 0 Å². The number of allylic oxidation sites excluding steroid dienone is 1. The standard InChI is InChI=1S/C4H2F3NO/c5-4(6,7)3(9)1-2-8/h1,8H. The van der Waals surface area contributed by atoms with E-state index < -0.39 is 12.0 Å². The number of rotatable bonds is 1. The van der Waals surface area contributed by atoms with Crippen LogP contribution >= 0.6 is 0 Å². The second-order valence-electron chi connectivity index (χ2n) is 1.15. The van der Waals surface area contributed by atoms with Gasteiger partial charge in [0.25, 0.3) is 5.78 Å². The molecule has 0 unspecified atom stereocenters. The lowest BCUT2D eigenvalue weighted by Crippen LogP contribution is -2.19. The van der Waals surface area contributed by atoms with Gasteiger partial charge in [0, 0.05) is 0 Å². The van der Waals surface area contributed by atoms with Gasteiger partial charge in [-0.3, -0.25) is 10.2 Å². The first-order valence-electron chi connectivity index (χ1n) is 1.85. The van der Waals surface area contributed by atoms with Crippen LogP contribution in [0.1, 0.15) is 0 Å². The lowest BCUT2D eigenvalue weighted by molar-refractivity contribution is -0.165. The molecule has 0 spiro atoms. The Hall–Kier alpha value is -1.09. The van der Waals surface area contributed by atoms with Crippen LogP contribution in [0.4, 0.5) is 13.2 Å². The summed E-state index contributed by atoms with van der Waals surface area (Å²) in [6, 6.07) is 0. The van der Waals surface area contributed by atoms with Crippen LogP contribution in [0, 0.1) is 5.41 Å². The number of hydrogen-bond donors (Lipinski definition) is 1. The molecule has 0 saturated carbocycles. The van der Waals surface area contributed by atoms with Crippen molar-refractivity contribution in [3.63, 3.8) is 0 Å². The Balaban J connectivity index is 4.22. The van der Waals surface area contributed by atoms with Gasteiger partial charge in [-0.05, 0) is 5.87 Å². The van der Waals surface area contributed by atoms with Crippen molar-refractivity contribution in [1.82, 2.24) is 0 Å². The third kappa shape index (κ3) is 2.66. The number of carbonyl (C=O) groups excluding carboxylic acids is 1. The number of halogens is 3. The van der Waals surface area contributed by atoms with Gasteiger partial charge in [-0.1, -0.05) is 0 Å². The highest BCUT2D eigenvalue weighted by molar-refractivity contribution is 6.00. The number of nitrogens with one attached hydrogen (secondary N) is 1. The van der Waals surface area contributed by atoms with E-state index in [4.69, 9.17) is 5.41 Å². The minimum Gasteiger partial charge on any atom is -0.284 e. The molecule has 0 aliphatic carbocycles. The highest BCUT2D eigenvalue weighted by atomic mass is 19.4.